The van der Waals surface area contributed by atoms with E-state index in [-0.39, 0.29) is 15.4 Å². The van der Waals surface area contributed by atoms with Crippen LogP contribution in [0.1, 0.15) is 28.7 Å². The smallest absolute Gasteiger partial charge is 0.258 e. The van der Waals surface area contributed by atoms with Crippen LogP contribution in [0.5, 0.6) is 0 Å². The highest BCUT2D eigenvalue weighted by atomic mass is 79.9. The Labute approximate surface area is 123 Å². The maximum Gasteiger partial charge on any atom is 0.272 e. The molecule has 2 rings (SSSR count). The second kappa shape index (κ2) is 5.75. The van der Waals surface area contributed by atoms with E-state index in [9.17, 15) is 10.1 Å². The standard InChI is InChI=1S/C12H12BrN3O2S/c1-3-9(13)12-15-14-11(19-12)8-4-5-10(16(17)18)7(2)6-8/h4-6,9H,3H2,1-2H3. The van der Waals surface area contributed by atoms with Crippen LogP contribution in [0, 0.1) is 17.0 Å². The Morgan fingerprint density at radius 2 is 2.21 bits per heavy atom. The highest BCUT2D eigenvalue weighted by Crippen LogP contribution is 2.33. The summed E-state index contributed by atoms with van der Waals surface area (Å²) in [6.07, 6.45) is 0.938. The van der Waals surface area contributed by atoms with Crippen LogP contribution in [0.25, 0.3) is 10.6 Å². The molecule has 1 unspecified atom stereocenters. The van der Waals surface area contributed by atoms with Crippen molar-refractivity contribution in [2.24, 2.45) is 0 Å². The van der Waals surface area contributed by atoms with E-state index in [0.717, 1.165) is 22.0 Å². The van der Waals surface area contributed by atoms with Gasteiger partial charge < -0.3 is 0 Å². The lowest BCUT2D eigenvalue weighted by atomic mass is 10.1. The van der Waals surface area contributed by atoms with E-state index < -0.39 is 0 Å². The number of nitrogens with zero attached hydrogens (tertiary/aromatic N) is 3. The number of nitro benzene ring substituents is 1. The topological polar surface area (TPSA) is 68.9 Å². The number of aromatic nitrogens is 2. The molecule has 19 heavy (non-hydrogen) atoms. The van der Waals surface area contributed by atoms with Gasteiger partial charge in [0.1, 0.15) is 10.0 Å². The third kappa shape index (κ3) is 2.98. The first-order valence-electron chi connectivity index (χ1n) is 5.75. The van der Waals surface area contributed by atoms with Gasteiger partial charge in [-0.3, -0.25) is 10.1 Å². The molecule has 0 amide bonds. The average Bonchev–Trinajstić information content (AvgIpc) is 2.86. The predicted octanol–water partition coefficient (Wildman–Crippen LogP) is 4.27. The Morgan fingerprint density at radius 1 is 1.47 bits per heavy atom. The number of halogens is 1. The summed E-state index contributed by atoms with van der Waals surface area (Å²) in [6.45, 7) is 3.79. The van der Waals surface area contributed by atoms with Crippen molar-refractivity contribution in [3.8, 4) is 10.6 Å². The molecule has 0 aliphatic rings. The Kier molecular flexibility index (Phi) is 4.26. The fourth-order valence-corrected chi connectivity index (χ4v) is 2.92. The van der Waals surface area contributed by atoms with Crippen LogP contribution >= 0.6 is 27.3 Å². The van der Waals surface area contributed by atoms with E-state index in [2.05, 4.69) is 33.1 Å². The summed E-state index contributed by atoms with van der Waals surface area (Å²) in [4.78, 5) is 10.6. The largest absolute Gasteiger partial charge is 0.272 e. The first-order valence-corrected chi connectivity index (χ1v) is 7.49. The van der Waals surface area contributed by atoms with Crippen molar-refractivity contribution < 1.29 is 4.92 Å². The van der Waals surface area contributed by atoms with Gasteiger partial charge in [-0.05, 0) is 25.5 Å². The van der Waals surface area contributed by atoms with Gasteiger partial charge in [0, 0.05) is 17.2 Å². The summed E-state index contributed by atoms with van der Waals surface area (Å²) in [7, 11) is 0. The molecule has 0 radical (unpaired) electrons. The molecule has 7 heteroatoms. The molecule has 0 bridgehead atoms. The zero-order chi connectivity index (χ0) is 14.0. The van der Waals surface area contributed by atoms with E-state index in [1.807, 2.05) is 0 Å². The normalized spacial score (nSPS) is 12.4. The van der Waals surface area contributed by atoms with Gasteiger partial charge in [-0.2, -0.15) is 0 Å². The highest BCUT2D eigenvalue weighted by Gasteiger charge is 2.15. The number of aryl methyl sites for hydroxylation is 1. The van der Waals surface area contributed by atoms with Gasteiger partial charge in [-0.1, -0.05) is 34.2 Å². The Balaban J connectivity index is 2.35. The van der Waals surface area contributed by atoms with Crippen LogP contribution in [0.15, 0.2) is 18.2 Å². The number of nitro groups is 1. The van der Waals surface area contributed by atoms with Crippen molar-refractivity contribution in [2.75, 3.05) is 0 Å². The van der Waals surface area contributed by atoms with E-state index in [1.165, 1.54) is 17.4 Å². The Hall–Kier alpha value is -1.34. The minimum Gasteiger partial charge on any atom is -0.258 e. The van der Waals surface area contributed by atoms with Crippen molar-refractivity contribution in [2.45, 2.75) is 25.1 Å². The van der Waals surface area contributed by atoms with Crippen molar-refractivity contribution >= 4 is 33.0 Å². The summed E-state index contributed by atoms with van der Waals surface area (Å²) in [6, 6.07) is 5.00. The zero-order valence-corrected chi connectivity index (χ0v) is 12.9. The van der Waals surface area contributed by atoms with Gasteiger partial charge in [-0.25, -0.2) is 0 Å². The summed E-state index contributed by atoms with van der Waals surface area (Å²) in [5.74, 6) is 0. The second-order valence-corrected chi connectivity index (χ2v) is 6.19. The van der Waals surface area contributed by atoms with Crippen LogP contribution in [-0.4, -0.2) is 15.1 Å². The number of hydrogen-bond donors (Lipinski definition) is 0. The minimum atomic E-state index is -0.379. The van der Waals surface area contributed by atoms with E-state index >= 15 is 0 Å². The molecule has 0 saturated heterocycles. The molecule has 1 aromatic heterocycles. The predicted molar refractivity (Wildman–Crippen MR) is 78.7 cm³/mol. The first kappa shape index (κ1) is 14.1. The summed E-state index contributed by atoms with van der Waals surface area (Å²) in [5, 5.41) is 20.8. The third-order valence-corrected chi connectivity index (χ3v) is 5.18. The minimum absolute atomic E-state index is 0.125. The lowest BCUT2D eigenvalue weighted by molar-refractivity contribution is -0.385. The molecule has 5 nitrogen and oxygen atoms in total. The quantitative estimate of drug-likeness (QED) is 0.473. The van der Waals surface area contributed by atoms with Crippen LogP contribution < -0.4 is 0 Å². The molecule has 0 N–H and O–H groups in total. The molecule has 1 aromatic carbocycles. The molecular formula is C12H12BrN3O2S. The summed E-state index contributed by atoms with van der Waals surface area (Å²) in [5.41, 5.74) is 1.62. The van der Waals surface area contributed by atoms with E-state index in [1.54, 1.807) is 19.1 Å². The fraction of sp³-hybridized carbons (Fsp3) is 0.333. The molecule has 100 valence electrons. The molecule has 0 spiro atoms. The zero-order valence-electron chi connectivity index (χ0n) is 10.5. The van der Waals surface area contributed by atoms with E-state index in [0.29, 0.717) is 5.56 Å². The van der Waals surface area contributed by atoms with Gasteiger partial charge >= 0.3 is 0 Å². The highest BCUT2D eigenvalue weighted by molar-refractivity contribution is 9.09. The SMILES string of the molecule is CCC(Br)c1nnc(-c2ccc([N+](=O)[O-])c(C)c2)s1. The summed E-state index contributed by atoms with van der Waals surface area (Å²) < 4.78 is 0. The maximum absolute atomic E-state index is 10.8. The third-order valence-electron chi connectivity index (χ3n) is 2.71. The van der Waals surface area contributed by atoms with Crippen LogP contribution in [0.3, 0.4) is 0 Å². The van der Waals surface area contributed by atoms with Gasteiger partial charge in [-0.15, -0.1) is 10.2 Å². The monoisotopic (exact) mass is 341 g/mol. The molecule has 0 aliphatic heterocycles. The summed E-state index contributed by atoms with van der Waals surface area (Å²) >= 11 is 5.04. The van der Waals surface area contributed by atoms with Gasteiger partial charge in [0.05, 0.1) is 9.75 Å². The molecule has 2 aromatic rings. The number of benzene rings is 1. The fourth-order valence-electron chi connectivity index (χ4n) is 1.65. The molecule has 0 aliphatic carbocycles. The molecule has 1 heterocycles. The lowest BCUT2D eigenvalue weighted by Crippen LogP contribution is -1.91. The number of rotatable bonds is 4. The van der Waals surface area contributed by atoms with Gasteiger partial charge in [0.2, 0.25) is 0 Å². The maximum atomic E-state index is 10.8. The molecule has 1 atom stereocenters. The Bertz CT molecular complexity index is 615. The Morgan fingerprint density at radius 3 is 2.79 bits per heavy atom. The number of alkyl halides is 1. The van der Waals surface area contributed by atoms with Gasteiger partial charge in [0.15, 0.2) is 0 Å². The van der Waals surface area contributed by atoms with E-state index in [4.69, 9.17) is 0 Å². The van der Waals surface area contributed by atoms with Crippen molar-refractivity contribution in [3.63, 3.8) is 0 Å². The molecular weight excluding hydrogens is 330 g/mol. The van der Waals surface area contributed by atoms with Crippen LogP contribution in [0.4, 0.5) is 5.69 Å². The van der Waals surface area contributed by atoms with Crippen LogP contribution in [0.2, 0.25) is 0 Å². The first-order chi connectivity index (χ1) is 9.02. The van der Waals surface area contributed by atoms with Crippen molar-refractivity contribution in [1.29, 1.82) is 0 Å². The molecule has 0 fully saturated rings. The lowest BCUT2D eigenvalue weighted by Gasteiger charge is -2.00. The molecule has 0 saturated carbocycles. The van der Waals surface area contributed by atoms with Crippen molar-refractivity contribution in [1.82, 2.24) is 10.2 Å². The number of hydrogen-bond acceptors (Lipinski definition) is 5. The van der Waals surface area contributed by atoms with Crippen LogP contribution in [-0.2, 0) is 0 Å². The van der Waals surface area contributed by atoms with Gasteiger partial charge in [0.25, 0.3) is 5.69 Å². The average molecular weight is 342 g/mol. The van der Waals surface area contributed by atoms with Crippen molar-refractivity contribution in [3.05, 3.63) is 38.9 Å². The second-order valence-electron chi connectivity index (χ2n) is 4.08.